The van der Waals surface area contributed by atoms with E-state index in [-0.39, 0.29) is 75.6 Å². The van der Waals surface area contributed by atoms with Crippen LogP contribution < -0.4 is 15.0 Å². The summed E-state index contributed by atoms with van der Waals surface area (Å²) in [4.78, 5) is 72.9. The van der Waals surface area contributed by atoms with Gasteiger partial charge in [0.1, 0.15) is 17.5 Å². The first-order chi connectivity index (χ1) is 22.2. The van der Waals surface area contributed by atoms with Crippen molar-refractivity contribution in [3.8, 4) is 5.75 Å². The van der Waals surface area contributed by atoms with Crippen molar-refractivity contribution in [1.29, 1.82) is 0 Å². The molecule has 3 aromatic rings. The first-order valence-corrected chi connectivity index (χ1v) is 15.3. The molecule has 1 unspecified atom stereocenters. The van der Waals surface area contributed by atoms with Crippen LogP contribution in [0.2, 0.25) is 0 Å². The Hall–Kier alpha value is -5.20. The lowest BCUT2D eigenvalue weighted by molar-refractivity contribution is -0.138. The Morgan fingerprint density at radius 2 is 1.70 bits per heavy atom. The summed E-state index contributed by atoms with van der Waals surface area (Å²) in [7, 11) is 0. The highest BCUT2D eigenvalue weighted by Gasteiger charge is 2.33. The molecule has 5 rings (SSSR count). The lowest BCUT2D eigenvalue weighted by Crippen LogP contribution is -2.56. The average molecular weight is 632 g/mol. The number of nitrogens with one attached hydrogen (secondary N) is 1. The number of carboxylic acids is 1. The number of amides is 4. The summed E-state index contributed by atoms with van der Waals surface area (Å²) in [6.45, 7) is 4.56. The zero-order chi connectivity index (χ0) is 32.8. The molecule has 0 spiro atoms. The van der Waals surface area contributed by atoms with E-state index in [2.05, 4.69) is 10.3 Å². The molecule has 1 aromatic heterocycles. The van der Waals surface area contributed by atoms with Gasteiger partial charge < -0.3 is 34.6 Å². The number of benzene rings is 2. The van der Waals surface area contributed by atoms with Crippen molar-refractivity contribution in [1.82, 2.24) is 20.1 Å². The van der Waals surface area contributed by atoms with Crippen LogP contribution in [0, 0.1) is 0 Å². The smallest absolute Gasteiger partial charge is 0.409 e. The Morgan fingerprint density at radius 1 is 1.00 bits per heavy atom. The molecule has 1 fully saturated rings. The minimum atomic E-state index is -1.14. The molecule has 46 heavy (non-hydrogen) atoms. The van der Waals surface area contributed by atoms with Crippen molar-refractivity contribution in [3.63, 3.8) is 0 Å². The molecule has 0 aliphatic carbocycles. The number of aromatic nitrogens is 1. The number of para-hydroxylation sites is 2. The van der Waals surface area contributed by atoms with E-state index in [1.807, 2.05) is 31.2 Å². The summed E-state index contributed by atoms with van der Waals surface area (Å²) in [5.74, 6) is -2.23. The highest BCUT2D eigenvalue weighted by molar-refractivity contribution is 6.00. The van der Waals surface area contributed by atoms with Crippen LogP contribution in [0.1, 0.15) is 42.7 Å². The van der Waals surface area contributed by atoms with Crippen molar-refractivity contribution in [2.24, 2.45) is 0 Å². The zero-order valence-corrected chi connectivity index (χ0v) is 25.8. The van der Waals surface area contributed by atoms with Gasteiger partial charge in [0.25, 0.3) is 11.8 Å². The fourth-order valence-electron chi connectivity index (χ4n) is 5.84. The molecule has 2 atom stereocenters. The van der Waals surface area contributed by atoms with E-state index >= 15 is 0 Å². The van der Waals surface area contributed by atoms with Crippen molar-refractivity contribution in [2.45, 2.75) is 45.2 Å². The summed E-state index contributed by atoms with van der Waals surface area (Å²) in [5.41, 5.74) is 2.33. The fourth-order valence-corrected chi connectivity index (χ4v) is 5.84. The number of piperazine rings is 1. The molecule has 2 N–H and O–H groups in total. The van der Waals surface area contributed by atoms with Gasteiger partial charge in [-0.3, -0.25) is 19.2 Å². The number of nitrogens with zero attached hydrogens (tertiary/aromatic N) is 4. The van der Waals surface area contributed by atoms with Crippen molar-refractivity contribution in [3.05, 3.63) is 65.9 Å². The van der Waals surface area contributed by atoms with Gasteiger partial charge in [0.05, 0.1) is 12.1 Å². The van der Waals surface area contributed by atoms with Crippen LogP contribution in [-0.2, 0) is 25.5 Å². The van der Waals surface area contributed by atoms with Crippen LogP contribution in [0.25, 0.3) is 10.9 Å². The summed E-state index contributed by atoms with van der Waals surface area (Å²) in [6, 6.07) is 15.0. The van der Waals surface area contributed by atoms with E-state index in [1.54, 1.807) is 36.1 Å². The summed E-state index contributed by atoms with van der Waals surface area (Å²) in [6.07, 6.45) is -0.210. The Balaban J connectivity index is 1.31. The molecule has 4 amide bonds. The number of hydrogen-bond acceptors (Lipinski definition) is 8. The van der Waals surface area contributed by atoms with Crippen molar-refractivity contribution >= 4 is 46.4 Å². The van der Waals surface area contributed by atoms with Gasteiger partial charge in [0, 0.05) is 55.8 Å². The molecule has 2 aliphatic rings. The molecule has 0 radical (unpaired) electrons. The van der Waals surface area contributed by atoms with E-state index in [1.165, 1.54) is 15.9 Å². The standard InChI is InChI=1S/C33H37N5O8/c1-3-45-33(44)37-16-14-36(15-17-37)32(43)25(12-13-30(40)41)35-31(42)26-19-28(23-9-5-6-10-24(23)34-26)46-20-29(39)38-21(2)18-22-8-4-7-11-27(22)38/h4-11,19,21,25H,3,12-18,20H2,1-2H3,(H,35,42)(H,40,41)/t21-,25?/m0/s1. The lowest BCUT2D eigenvalue weighted by atomic mass is 10.1. The number of anilines is 1. The largest absolute Gasteiger partial charge is 0.483 e. The first kappa shape index (κ1) is 32.2. The predicted octanol–water partition coefficient (Wildman–Crippen LogP) is 2.86. The van der Waals surface area contributed by atoms with E-state index in [0.29, 0.717) is 10.9 Å². The normalized spacial score (nSPS) is 16.5. The zero-order valence-electron chi connectivity index (χ0n) is 25.8. The van der Waals surface area contributed by atoms with E-state index < -0.39 is 29.9 Å². The number of fused-ring (bicyclic) bond motifs is 2. The number of carbonyl (C=O) groups excluding carboxylic acids is 4. The molecular weight excluding hydrogens is 594 g/mol. The minimum absolute atomic E-state index is 0.0302. The number of carboxylic acid groups (broad SMARTS) is 1. The van der Waals surface area contributed by atoms with E-state index in [0.717, 1.165) is 17.7 Å². The molecular formula is C33H37N5O8. The molecule has 1 saturated heterocycles. The highest BCUT2D eigenvalue weighted by Crippen LogP contribution is 2.32. The maximum atomic E-state index is 13.5. The molecule has 2 aliphatic heterocycles. The number of rotatable bonds is 10. The van der Waals surface area contributed by atoms with Gasteiger partial charge in [-0.1, -0.05) is 30.3 Å². The third-order valence-corrected chi connectivity index (χ3v) is 8.11. The van der Waals surface area contributed by atoms with Crippen molar-refractivity contribution < 1.29 is 38.6 Å². The number of aliphatic carboxylic acids is 1. The number of pyridine rings is 1. The van der Waals surface area contributed by atoms with Crippen molar-refractivity contribution in [2.75, 3.05) is 44.3 Å². The first-order valence-electron chi connectivity index (χ1n) is 15.3. The summed E-state index contributed by atoms with van der Waals surface area (Å²) < 4.78 is 11.0. The van der Waals surface area contributed by atoms with Gasteiger partial charge in [-0.05, 0) is 50.5 Å². The minimum Gasteiger partial charge on any atom is -0.483 e. The molecule has 13 heteroatoms. The molecule has 2 aromatic carbocycles. The Labute approximate surface area is 266 Å². The second-order valence-electron chi connectivity index (χ2n) is 11.2. The average Bonchev–Trinajstić information content (AvgIpc) is 3.40. The van der Waals surface area contributed by atoms with Gasteiger partial charge in [-0.15, -0.1) is 0 Å². The van der Waals surface area contributed by atoms with Crippen LogP contribution in [0.5, 0.6) is 5.75 Å². The predicted molar refractivity (Wildman–Crippen MR) is 168 cm³/mol. The topological polar surface area (TPSA) is 159 Å². The number of hydrogen-bond donors (Lipinski definition) is 2. The Bertz CT molecular complexity index is 1640. The summed E-state index contributed by atoms with van der Waals surface area (Å²) in [5, 5.41) is 12.6. The highest BCUT2D eigenvalue weighted by atomic mass is 16.6. The van der Waals surface area contributed by atoms with Gasteiger partial charge in [0.15, 0.2) is 6.61 Å². The maximum absolute atomic E-state index is 13.5. The van der Waals surface area contributed by atoms with Crippen LogP contribution in [0.15, 0.2) is 54.6 Å². The number of ether oxygens (including phenoxy) is 2. The molecule has 3 heterocycles. The SMILES string of the molecule is CCOC(=O)N1CCN(C(=O)C(CCC(=O)O)NC(=O)c2cc(OCC(=O)N3c4ccccc4C[C@@H]3C)c3ccccc3n2)CC1. The quantitative estimate of drug-likeness (QED) is 0.343. The van der Waals surface area contributed by atoms with Crippen LogP contribution in [-0.4, -0.2) is 101 Å². The van der Waals surface area contributed by atoms with Gasteiger partial charge in [-0.2, -0.15) is 0 Å². The lowest BCUT2D eigenvalue weighted by Gasteiger charge is -2.35. The van der Waals surface area contributed by atoms with E-state index in [4.69, 9.17) is 9.47 Å². The molecule has 242 valence electrons. The maximum Gasteiger partial charge on any atom is 0.409 e. The van der Waals surface area contributed by atoms with E-state index in [9.17, 15) is 29.1 Å². The van der Waals surface area contributed by atoms with Gasteiger partial charge >= 0.3 is 12.1 Å². The number of carbonyl (C=O) groups is 5. The van der Waals surface area contributed by atoms with Crippen LogP contribution >= 0.6 is 0 Å². The molecule has 13 nitrogen and oxygen atoms in total. The molecule has 0 bridgehead atoms. The van der Waals surface area contributed by atoms with Gasteiger partial charge in [0.2, 0.25) is 5.91 Å². The third kappa shape index (κ3) is 7.19. The Kier molecular flexibility index (Phi) is 9.99. The Morgan fingerprint density at radius 3 is 2.43 bits per heavy atom. The summed E-state index contributed by atoms with van der Waals surface area (Å²) >= 11 is 0. The second-order valence-corrected chi connectivity index (χ2v) is 11.2. The van der Waals surface area contributed by atoms with Gasteiger partial charge in [-0.25, -0.2) is 9.78 Å². The molecule has 0 saturated carbocycles. The monoisotopic (exact) mass is 631 g/mol. The fraction of sp³-hybridized carbons (Fsp3) is 0.394. The van der Waals surface area contributed by atoms with Crippen LogP contribution in [0.3, 0.4) is 0 Å². The second kappa shape index (κ2) is 14.3. The van der Waals surface area contributed by atoms with Crippen LogP contribution in [0.4, 0.5) is 10.5 Å². The third-order valence-electron chi connectivity index (χ3n) is 8.11.